The fraction of sp³-hybridized carbons (Fsp3) is 0.211. The van der Waals surface area contributed by atoms with Gasteiger partial charge in [0.2, 0.25) is 0 Å². The van der Waals surface area contributed by atoms with Crippen LogP contribution >= 0.6 is 11.6 Å². The van der Waals surface area contributed by atoms with Gasteiger partial charge in [-0.05, 0) is 43.3 Å². The largest absolute Gasteiger partial charge is 0.484 e. The molecule has 0 fully saturated rings. The lowest BCUT2D eigenvalue weighted by atomic mass is 10.3. The fourth-order valence-electron chi connectivity index (χ4n) is 2.37. The van der Waals surface area contributed by atoms with E-state index in [1.165, 1.54) is 6.26 Å². The van der Waals surface area contributed by atoms with Gasteiger partial charge in [0.15, 0.2) is 12.3 Å². The first kappa shape index (κ1) is 19.5. The topological polar surface area (TPSA) is 98.4 Å². The molecule has 0 aliphatic rings. The van der Waals surface area contributed by atoms with Gasteiger partial charge in [0.1, 0.15) is 11.5 Å². The Labute approximate surface area is 166 Å². The summed E-state index contributed by atoms with van der Waals surface area (Å²) in [6.45, 7) is 2.44. The molecule has 8 nitrogen and oxygen atoms in total. The zero-order valence-electron chi connectivity index (χ0n) is 15.1. The van der Waals surface area contributed by atoms with Crippen molar-refractivity contribution >= 4 is 29.1 Å². The molecule has 9 heteroatoms. The first-order chi connectivity index (χ1) is 13.5. The van der Waals surface area contributed by atoms with Gasteiger partial charge in [-0.15, -0.1) is 0 Å². The number of halogens is 1. The normalized spacial score (nSPS) is 10.5. The molecule has 0 saturated heterocycles. The van der Waals surface area contributed by atoms with Gasteiger partial charge in [0.25, 0.3) is 11.8 Å². The van der Waals surface area contributed by atoms with E-state index in [2.05, 4.69) is 15.7 Å². The average molecular weight is 403 g/mol. The van der Waals surface area contributed by atoms with Crippen molar-refractivity contribution in [1.82, 2.24) is 15.1 Å². The van der Waals surface area contributed by atoms with Crippen molar-refractivity contribution in [3.63, 3.8) is 0 Å². The number of carbonyl (C=O) groups is 2. The van der Waals surface area contributed by atoms with Gasteiger partial charge >= 0.3 is 0 Å². The molecule has 3 aromatic rings. The Kier molecular flexibility index (Phi) is 6.33. The monoisotopic (exact) mass is 402 g/mol. The van der Waals surface area contributed by atoms with E-state index in [0.717, 1.165) is 0 Å². The van der Waals surface area contributed by atoms with Crippen molar-refractivity contribution < 1.29 is 18.7 Å². The Morgan fingerprint density at radius 2 is 2.04 bits per heavy atom. The smallest absolute Gasteiger partial charge is 0.274 e. The number of nitrogens with zero attached hydrogens (tertiary/aromatic N) is 2. The maximum Gasteiger partial charge on any atom is 0.274 e. The molecule has 1 aromatic carbocycles. The number of rotatable bonds is 8. The molecule has 0 unspecified atom stereocenters. The molecule has 2 N–H and O–H groups in total. The molecule has 0 saturated carbocycles. The van der Waals surface area contributed by atoms with Crippen LogP contribution in [0.1, 0.15) is 23.2 Å². The first-order valence-corrected chi connectivity index (χ1v) is 8.99. The molecule has 0 aliphatic heterocycles. The summed E-state index contributed by atoms with van der Waals surface area (Å²) >= 11 is 5.82. The lowest BCUT2D eigenvalue weighted by molar-refractivity contribution is -0.118. The van der Waals surface area contributed by atoms with E-state index in [-0.39, 0.29) is 18.8 Å². The molecule has 2 aromatic heterocycles. The second-order valence-electron chi connectivity index (χ2n) is 5.80. The second-order valence-corrected chi connectivity index (χ2v) is 6.24. The SMILES string of the molecule is CCn1cc(NC(=O)COc2ccc(Cl)cc2)c(C(=O)NCc2ccco2)n1. The highest BCUT2D eigenvalue weighted by Crippen LogP contribution is 2.17. The number of carbonyl (C=O) groups excluding carboxylic acids is 2. The molecule has 0 spiro atoms. The summed E-state index contributed by atoms with van der Waals surface area (Å²) in [7, 11) is 0. The van der Waals surface area contributed by atoms with Crippen molar-refractivity contribution in [2.45, 2.75) is 20.0 Å². The molecule has 0 atom stereocenters. The van der Waals surface area contributed by atoms with Gasteiger partial charge in [-0.2, -0.15) is 5.10 Å². The number of aryl methyl sites for hydroxylation is 1. The van der Waals surface area contributed by atoms with Crippen molar-refractivity contribution in [3.05, 3.63) is 65.3 Å². The Balaban J connectivity index is 1.61. The van der Waals surface area contributed by atoms with Gasteiger partial charge in [0.05, 0.1) is 18.5 Å². The van der Waals surface area contributed by atoms with E-state index in [1.807, 2.05) is 6.92 Å². The van der Waals surface area contributed by atoms with Crippen LogP contribution in [0.2, 0.25) is 5.02 Å². The highest BCUT2D eigenvalue weighted by Gasteiger charge is 2.19. The quantitative estimate of drug-likeness (QED) is 0.603. The number of ether oxygens (including phenoxy) is 1. The molecular formula is C19H19ClN4O4. The number of aromatic nitrogens is 2. The van der Waals surface area contributed by atoms with E-state index >= 15 is 0 Å². The maximum absolute atomic E-state index is 12.5. The molecule has 3 rings (SSSR count). The standard InChI is InChI=1S/C19H19ClN4O4/c1-2-24-11-16(18(23-24)19(26)21-10-15-4-3-9-27-15)22-17(25)12-28-14-7-5-13(20)6-8-14/h3-9,11H,2,10,12H2,1H3,(H,21,26)(H,22,25). The third-order valence-corrected chi connectivity index (χ3v) is 4.01. The third-order valence-electron chi connectivity index (χ3n) is 3.76. The lowest BCUT2D eigenvalue weighted by Crippen LogP contribution is -2.26. The number of amides is 2. The summed E-state index contributed by atoms with van der Waals surface area (Å²) in [5, 5.41) is 10.2. The molecule has 2 amide bonds. The minimum atomic E-state index is -0.419. The predicted octanol–water partition coefficient (Wildman–Crippen LogP) is 3.10. The van der Waals surface area contributed by atoms with E-state index in [9.17, 15) is 9.59 Å². The summed E-state index contributed by atoms with van der Waals surface area (Å²) in [5.74, 6) is 0.300. The zero-order valence-corrected chi connectivity index (χ0v) is 15.9. The summed E-state index contributed by atoms with van der Waals surface area (Å²) < 4.78 is 12.2. The maximum atomic E-state index is 12.5. The molecule has 0 bridgehead atoms. The highest BCUT2D eigenvalue weighted by molar-refractivity contribution is 6.30. The van der Waals surface area contributed by atoms with Crippen LogP contribution in [-0.2, 0) is 17.9 Å². The fourth-order valence-corrected chi connectivity index (χ4v) is 2.50. The number of hydrogen-bond acceptors (Lipinski definition) is 5. The first-order valence-electron chi connectivity index (χ1n) is 8.61. The number of benzene rings is 1. The number of nitrogens with one attached hydrogen (secondary N) is 2. The molecule has 0 radical (unpaired) electrons. The molecule has 2 heterocycles. The minimum Gasteiger partial charge on any atom is -0.484 e. The molecule has 146 valence electrons. The van der Waals surface area contributed by atoms with E-state index in [0.29, 0.717) is 28.8 Å². The Hall–Kier alpha value is -3.26. The van der Waals surface area contributed by atoms with E-state index in [4.69, 9.17) is 20.8 Å². The van der Waals surface area contributed by atoms with Gasteiger partial charge in [-0.3, -0.25) is 14.3 Å². The van der Waals surface area contributed by atoms with Crippen LogP contribution in [0, 0.1) is 0 Å². The molecule has 0 aliphatic carbocycles. The van der Waals surface area contributed by atoms with Gasteiger partial charge in [0, 0.05) is 17.8 Å². The van der Waals surface area contributed by atoms with Gasteiger partial charge in [-0.25, -0.2) is 0 Å². The van der Waals surface area contributed by atoms with Crippen LogP contribution in [0.3, 0.4) is 0 Å². The Morgan fingerprint density at radius 1 is 1.25 bits per heavy atom. The van der Waals surface area contributed by atoms with Crippen LogP contribution < -0.4 is 15.4 Å². The summed E-state index contributed by atoms with van der Waals surface area (Å²) in [5.41, 5.74) is 0.428. The van der Waals surface area contributed by atoms with Crippen LogP contribution in [-0.4, -0.2) is 28.2 Å². The Morgan fingerprint density at radius 3 is 2.71 bits per heavy atom. The highest BCUT2D eigenvalue weighted by atomic mass is 35.5. The van der Waals surface area contributed by atoms with E-state index in [1.54, 1.807) is 47.3 Å². The van der Waals surface area contributed by atoms with Gasteiger partial charge in [-0.1, -0.05) is 11.6 Å². The number of hydrogen-bond donors (Lipinski definition) is 2. The summed E-state index contributed by atoms with van der Waals surface area (Å²) in [6, 6.07) is 10.2. The molecule has 28 heavy (non-hydrogen) atoms. The zero-order chi connectivity index (χ0) is 19.9. The second kappa shape index (κ2) is 9.09. The van der Waals surface area contributed by atoms with Crippen molar-refractivity contribution in [1.29, 1.82) is 0 Å². The van der Waals surface area contributed by atoms with Gasteiger partial charge < -0.3 is 19.8 Å². The Bertz CT molecular complexity index is 936. The van der Waals surface area contributed by atoms with Crippen molar-refractivity contribution in [2.75, 3.05) is 11.9 Å². The third kappa shape index (κ3) is 5.14. The lowest BCUT2D eigenvalue weighted by Gasteiger charge is -2.08. The predicted molar refractivity (Wildman–Crippen MR) is 103 cm³/mol. The summed E-state index contributed by atoms with van der Waals surface area (Å²) in [4.78, 5) is 24.7. The van der Waals surface area contributed by atoms with Crippen LogP contribution in [0.15, 0.2) is 53.3 Å². The van der Waals surface area contributed by atoms with Crippen LogP contribution in [0.4, 0.5) is 5.69 Å². The molecular weight excluding hydrogens is 384 g/mol. The number of anilines is 1. The van der Waals surface area contributed by atoms with E-state index < -0.39 is 11.8 Å². The van der Waals surface area contributed by atoms with Crippen molar-refractivity contribution in [3.8, 4) is 5.75 Å². The van der Waals surface area contributed by atoms with Crippen LogP contribution in [0.25, 0.3) is 0 Å². The number of furan rings is 1. The van der Waals surface area contributed by atoms with Crippen molar-refractivity contribution in [2.24, 2.45) is 0 Å². The minimum absolute atomic E-state index is 0.119. The average Bonchev–Trinajstić information content (AvgIpc) is 3.35. The van der Waals surface area contributed by atoms with Crippen LogP contribution in [0.5, 0.6) is 5.75 Å². The summed E-state index contributed by atoms with van der Waals surface area (Å²) in [6.07, 6.45) is 3.13.